The number of carbonyl (C=O) groups is 1. The number of sulfonamides is 1. The van der Waals surface area contributed by atoms with Crippen LogP contribution in [-0.2, 0) is 14.8 Å². The predicted molar refractivity (Wildman–Crippen MR) is 73.7 cm³/mol. The van der Waals surface area contributed by atoms with Crippen LogP contribution in [-0.4, -0.2) is 31.0 Å². The summed E-state index contributed by atoms with van der Waals surface area (Å²) in [5, 5.41) is 9.46. The number of aliphatic carboxylic acids is 1. The van der Waals surface area contributed by atoms with Crippen LogP contribution in [0.4, 0.5) is 0 Å². The van der Waals surface area contributed by atoms with Crippen LogP contribution in [0.3, 0.4) is 0 Å². The molecule has 1 aliphatic rings. The number of rotatable bonds is 5. The van der Waals surface area contributed by atoms with Crippen LogP contribution in [0.1, 0.15) is 32.6 Å². The molecule has 1 fully saturated rings. The molecule has 0 unspecified atom stereocenters. The van der Waals surface area contributed by atoms with Crippen molar-refractivity contribution in [2.24, 2.45) is 11.3 Å². The Labute approximate surface area is 118 Å². The molecule has 0 radical (unpaired) electrons. The molecule has 1 aliphatic carbocycles. The number of hydrogen-bond donors (Lipinski definition) is 3. The van der Waals surface area contributed by atoms with Gasteiger partial charge in [0, 0.05) is 18.9 Å². The molecule has 0 amide bonds. The first-order valence-corrected chi connectivity index (χ1v) is 8.20. The Balaban J connectivity index is 2.09. The van der Waals surface area contributed by atoms with E-state index in [4.69, 9.17) is 0 Å². The van der Waals surface area contributed by atoms with E-state index in [1.165, 1.54) is 18.5 Å². The number of carboxylic acids is 1. The lowest BCUT2D eigenvalue weighted by Gasteiger charge is -2.35. The standard InChI is InChI=1S/C13H20N2O4S/c1-10-2-5-13(6-3-10,12(16)17)9-15-20(18,19)11-4-7-14-8-11/h4,7-8,10,14-15H,2-3,5-6,9H2,1H3,(H,16,17). The minimum atomic E-state index is -3.65. The molecule has 2 rings (SSSR count). The van der Waals surface area contributed by atoms with Gasteiger partial charge in [-0.2, -0.15) is 0 Å². The minimum Gasteiger partial charge on any atom is -0.481 e. The maximum atomic E-state index is 12.0. The maximum absolute atomic E-state index is 12.0. The van der Waals surface area contributed by atoms with E-state index >= 15 is 0 Å². The van der Waals surface area contributed by atoms with Gasteiger partial charge in [-0.25, -0.2) is 13.1 Å². The molecule has 112 valence electrons. The molecule has 1 heterocycles. The summed E-state index contributed by atoms with van der Waals surface area (Å²) in [6, 6.07) is 1.44. The van der Waals surface area contributed by atoms with Crippen molar-refractivity contribution in [3.05, 3.63) is 18.5 Å². The second kappa shape index (κ2) is 5.57. The Bertz CT molecular complexity index is 557. The van der Waals surface area contributed by atoms with Crippen molar-refractivity contribution in [1.82, 2.24) is 9.71 Å². The molecule has 3 N–H and O–H groups in total. The molecule has 0 atom stereocenters. The predicted octanol–water partition coefficient (Wildman–Crippen LogP) is 1.57. The van der Waals surface area contributed by atoms with E-state index < -0.39 is 21.4 Å². The van der Waals surface area contributed by atoms with Crippen molar-refractivity contribution >= 4 is 16.0 Å². The average molecular weight is 300 g/mol. The second-order valence-corrected chi connectivity index (χ2v) is 7.41. The van der Waals surface area contributed by atoms with Crippen LogP contribution < -0.4 is 4.72 Å². The number of aromatic amines is 1. The van der Waals surface area contributed by atoms with E-state index in [1.807, 2.05) is 0 Å². The molecule has 1 aromatic heterocycles. The lowest BCUT2D eigenvalue weighted by atomic mass is 9.71. The Morgan fingerprint density at radius 2 is 2.15 bits per heavy atom. The molecule has 0 spiro atoms. The zero-order chi connectivity index (χ0) is 14.8. The van der Waals surface area contributed by atoms with Crippen molar-refractivity contribution < 1.29 is 18.3 Å². The summed E-state index contributed by atoms with van der Waals surface area (Å²) in [6.07, 6.45) is 5.55. The fraction of sp³-hybridized carbons (Fsp3) is 0.615. The van der Waals surface area contributed by atoms with E-state index in [1.54, 1.807) is 0 Å². The molecule has 1 saturated carbocycles. The quantitative estimate of drug-likeness (QED) is 0.768. The summed E-state index contributed by atoms with van der Waals surface area (Å²) in [7, 11) is -3.65. The SMILES string of the molecule is CC1CCC(CNS(=O)(=O)c2cc[nH]c2)(C(=O)O)CC1. The van der Waals surface area contributed by atoms with Gasteiger partial charge in [0.2, 0.25) is 10.0 Å². The summed E-state index contributed by atoms with van der Waals surface area (Å²) in [5.41, 5.74) is -0.976. The van der Waals surface area contributed by atoms with Crippen LogP contribution in [0.5, 0.6) is 0 Å². The molecule has 1 aromatic rings. The third-order valence-corrected chi connectivity index (χ3v) is 5.56. The Kier molecular flexibility index (Phi) is 4.19. The molecule has 20 heavy (non-hydrogen) atoms. The monoisotopic (exact) mass is 300 g/mol. The number of carboxylic acid groups (broad SMARTS) is 1. The van der Waals surface area contributed by atoms with Crippen molar-refractivity contribution in [1.29, 1.82) is 0 Å². The van der Waals surface area contributed by atoms with Crippen molar-refractivity contribution in [2.75, 3.05) is 6.54 Å². The molecule has 0 aliphatic heterocycles. The first-order valence-electron chi connectivity index (χ1n) is 6.72. The van der Waals surface area contributed by atoms with Gasteiger partial charge in [0.05, 0.1) is 10.3 Å². The number of hydrogen-bond acceptors (Lipinski definition) is 3. The lowest BCUT2D eigenvalue weighted by Crippen LogP contribution is -2.45. The molecule has 0 aromatic carbocycles. The highest BCUT2D eigenvalue weighted by Gasteiger charge is 2.41. The largest absolute Gasteiger partial charge is 0.481 e. The molecule has 0 bridgehead atoms. The molecular weight excluding hydrogens is 280 g/mol. The van der Waals surface area contributed by atoms with Gasteiger partial charge < -0.3 is 10.1 Å². The van der Waals surface area contributed by atoms with Crippen LogP contribution in [0.2, 0.25) is 0 Å². The van der Waals surface area contributed by atoms with Crippen LogP contribution in [0, 0.1) is 11.3 Å². The third-order valence-electron chi connectivity index (χ3n) is 4.17. The molecular formula is C13H20N2O4S. The minimum absolute atomic E-state index is 0.0530. The van der Waals surface area contributed by atoms with Crippen molar-refractivity contribution in [3.8, 4) is 0 Å². The van der Waals surface area contributed by atoms with E-state index in [2.05, 4.69) is 16.6 Å². The van der Waals surface area contributed by atoms with Gasteiger partial charge in [0.15, 0.2) is 0 Å². The topological polar surface area (TPSA) is 99.3 Å². The van der Waals surface area contributed by atoms with Gasteiger partial charge >= 0.3 is 5.97 Å². The Morgan fingerprint density at radius 3 is 2.65 bits per heavy atom. The first-order chi connectivity index (χ1) is 9.36. The van der Waals surface area contributed by atoms with Crippen LogP contribution in [0.25, 0.3) is 0 Å². The maximum Gasteiger partial charge on any atom is 0.310 e. The smallest absolute Gasteiger partial charge is 0.310 e. The van der Waals surface area contributed by atoms with Gasteiger partial charge in [-0.15, -0.1) is 0 Å². The van der Waals surface area contributed by atoms with Gasteiger partial charge in [-0.3, -0.25) is 4.79 Å². The summed E-state index contributed by atoms with van der Waals surface area (Å²) in [4.78, 5) is 14.3. The summed E-state index contributed by atoms with van der Waals surface area (Å²) < 4.78 is 26.5. The van der Waals surface area contributed by atoms with Crippen molar-refractivity contribution in [3.63, 3.8) is 0 Å². The summed E-state index contributed by atoms with van der Waals surface area (Å²) in [6.45, 7) is 2.04. The number of aromatic nitrogens is 1. The Hall–Kier alpha value is -1.34. The summed E-state index contributed by atoms with van der Waals surface area (Å²) >= 11 is 0. The second-order valence-electron chi connectivity index (χ2n) is 5.64. The van der Waals surface area contributed by atoms with Crippen LogP contribution in [0.15, 0.2) is 23.4 Å². The third kappa shape index (κ3) is 3.04. The van der Waals surface area contributed by atoms with Gasteiger partial charge in [-0.05, 0) is 37.7 Å². The number of nitrogens with one attached hydrogen (secondary N) is 2. The highest BCUT2D eigenvalue weighted by molar-refractivity contribution is 7.89. The van der Waals surface area contributed by atoms with Crippen LogP contribution >= 0.6 is 0 Å². The van der Waals surface area contributed by atoms with E-state index in [-0.39, 0.29) is 11.4 Å². The fourth-order valence-corrected chi connectivity index (χ4v) is 3.68. The van der Waals surface area contributed by atoms with E-state index in [9.17, 15) is 18.3 Å². The lowest BCUT2D eigenvalue weighted by molar-refractivity contribution is -0.151. The van der Waals surface area contributed by atoms with Gasteiger partial charge in [-0.1, -0.05) is 6.92 Å². The zero-order valence-corrected chi connectivity index (χ0v) is 12.2. The number of H-pyrrole nitrogens is 1. The van der Waals surface area contributed by atoms with Crippen molar-refractivity contribution in [2.45, 2.75) is 37.5 Å². The molecule has 7 heteroatoms. The van der Waals surface area contributed by atoms with Gasteiger partial charge in [0.1, 0.15) is 0 Å². The van der Waals surface area contributed by atoms with E-state index in [0.29, 0.717) is 18.8 Å². The first kappa shape index (κ1) is 15.1. The summed E-state index contributed by atoms with van der Waals surface area (Å²) in [5.74, 6) is -0.412. The highest BCUT2D eigenvalue weighted by atomic mass is 32.2. The fourth-order valence-electron chi connectivity index (χ4n) is 2.57. The average Bonchev–Trinajstić information content (AvgIpc) is 2.93. The zero-order valence-electron chi connectivity index (χ0n) is 11.4. The van der Waals surface area contributed by atoms with Gasteiger partial charge in [0.25, 0.3) is 0 Å². The highest BCUT2D eigenvalue weighted by Crippen LogP contribution is 2.38. The molecule has 0 saturated heterocycles. The molecule has 6 nitrogen and oxygen atoms in total. The van der Waals surface area contributed by atoms with E-state index in [0.717, 1.165) is 12.8 Å². The normalized spacial score (nSPS) is 27.4. The Morgan fingerprint density at radius 1 is 1.50 bits per heavy atom.